The highest BCUT2D eigenvalue weighted by Crippen LogP contribution is 2.42. The van der Waals surface area contributed by atoms with Crippen LogP contribution in [0.2, 0.25) is 0 Å². The van der Waals surface area contributed by atoms with Gasteiger partial charge >= 0.3 is 0 Å². The molecule has 2 heterocycles. The number of fused-ring (bicyclic) bond motifs is 2. The third-order valence-corrected chi connectivity index (χ3v) is 4.95. The van der Waals surface area contributed by atoms with Crippen LogP contribution >= 0.6 is 11.3 Å². The van der Waals surface area contributed by atoms with Crippen molar-refractivity contribution in [3.8, 4) is 5.75 Å². The Labute approximate surface area is 126 Å². The summed E-state index contributed by atoms with van der Waals surface area (Å²) in [5, 5.41) is 3.35. The van der Waals surface area contributed by atoms with Gasteiger partial charge in [0.05, 0.1) is 0 Å². The quantitative estimate of drug-likeness (QED) is 0.714. The SMILES string of the molecule is NC1CC(c2csc3ccccc23)Oc2ccc(F)cc21. The number of hydrogen-bond donors (Lipinski definition) is 1. The number of benzene rings is 2. The van der Waals surface area contributed by atoms with E-state index in [1.54, 1.807) is 17.4 Å². The van der Waals surface area contributed by atoms with Gasteiger partial charge in [-0.2, -0.15) is 0 Å². The summed E-state index contributed by atoms with van der Waals surface area (Å²) in [7, 11) is 0. The Hall–Kier alpha value is -1.91. The Morgan fingerprint density at radius 3 is 2.90 bits per heavy atom. The highest BCUT2D eigenvalue weighted by Gasteiger charge is 2.28. The zero-order chi connectivity index (χ0) is 14.4. The van der Waals surface area contributed by atoms with Gasteiger partial charge in [-0.3, -0.25) is 0 Å². The maximum absolute atomic E-state index is 13.3. The van der Waals surface area contributed by atoms with Crippen molar-refractivity contribution in [1.82, 2.24) is 0 Å². The van der Waals surface area contributed by atoms with E-state index in [1.165, 1.54) is 27.8 Å². The Morgan fingerprint density at radius 1 is 1.14 bits per heavy atom. The summed E-state index contributed by atoms with van der Waals surface area (Å²) in [5.41, 5.74) is 8.14. The maximum Gasteiger partial charge on any atom is 0.127 e. The van der Waals surface area contributed by atoms with Gasteiger partial charge in [0.1, 0.15) is 17.7 Å². The molecule has 2 N–H and O–H groups in total. The summed E-state index contributed by atoms with van der Waals surface area (Å²) in [6.07, 6.45) is 0.589. The fourth-order valence-electron chi connectivity index (χ4n) is 2.91. The molecule has 0 spiro atoms. The van der Waals surface area contributed by atoms with Gasteiger partial charge in [0.25, 0.3) is 0 Å². The molecular formula is C17H14FNOS. The molecule has 106 valence electrons. The summed E-state index contributed by atoms with van der Waals surface area (Å²) in [6, 6.07) is 12.6. The normalized spacial score (nSPS) is 21.0. The third kappa shape index (κ3) is 2.11. The molecule has 0 saturated heterocycles. The van der Waals surface area contributed by atoms with Gasteiger partial charge in [-0.15, -0.1) is 11.3 Å². The van der Waals surface area contributed by atoms with Gasteiger partial charge < -0.3 is 10.5 Å². The van der Waals surface area contributed by atoms with E-state index >= 15 is 0 Å². The van der Waals surface area contributed by atoms with Gasteiger partial charge in [0.2, 0.25) is 0 Å². The molecule has 2 unspecified atom stereocenters. The molecule has 0 amide bonds. The molecule has 0 saturated carbocycles. The fraction of sp³-hybridized carbons (Fsp3) is 0.176. The second-order valence-electron chi connectivity index (χ2n) is 5.32. The molecule has 4 rings (SSSR count). The zero-order valence-corrected chi connectivity index (χ0v) is 12.1. The van der Waals surface area contributed by atoms with Crippen LogP contribution in [0.3, 0.4) is 0 Å². The van der Waals surface area contributed by atoms with Crippen molar-refractivity contribution in [2.75, 3.05) is 0 Å². The summed E-state index contributed by atoms with van der Waals surface area (Å²) in [5.74, 6) is 0.419. The molecule has 0 radical (unpaired) electrons. The first-order valence-electron chi connectivity index (χ1n) is 6.90. The van der Waals surface area contributed by atoms with Crippen molar-refractivity contribution in [3.05, 3.63) is 64.8 Å². The smallest absolute Gasteiger partial charge is 0.127 e. The molecule has 21 heavy (non-hydrogen) atoms. The van der Waals surface area contributed by atoms with E-state index in [0.29, 0.717) is 12.2 Å². The third-order valence-electron chi connectivity index (χ3n) is 3.97. The maximum atomic E-state index is 13.3. The zero-order valence-electron chi connectivity index (χ0n) is 11.3. The van der Waals surface area contributed by atoms with Gasteiger partial charge in [-0.1, -0.05) is 18.2 Å². The first-order chi connectivity index (χ1) is 10.2. The molecule has 0 aliphatic carbocycles. The van der Waals surface area contributed by atoms with E-state index in [-0.39, 0.29) is 18.0 Å². The molecule has 2 aromatic carbocycles. The minimum absolute atomic E-state index is 0.0749. The van der Waals surface area contributed by atoms with Crippen LogP contribution in [0.1, 0.15) is 29.7 Å². The van der Waals surface area contributed by atoms with Crippen molar-refractivity contribution >= 4 is 21.4 Å². The van der Waals surface area contributed by atoms with Crippen LogP contribution in [-0.4, -0.2) is 0 Å². The van der Waals surface area contributed by atoms with Gasteiger partial charge in [-0.25, -0.2) is 4.39 Å². The number of ether oxygens (including phenoxy) is 1. The molecule has 2 nitrogen and oxygen atoms in total. The van der Waals surface area contributed by atoms with Crippen LogP contribution in [0, 0.1) is 5.82 Å². The Morgan fingerprint density at radius 2 is 2.00 bits per heavy atom. The number of rotatable bonds is 1. The summed E-state index contributed by atoms with van der Waals surface area (Å²) in [6.45, 7) is 0. The minimum Gasteiger partial charge on any atom is -0.485 e. The van der Waals surface area contributed by atoms with Crippen LogP contribution in [0.5, 0.6) is 5.75 Å². The Balaban J connectivity index is 1.76. The largest absolute Gasteiger partial charge is 0.485 e. The average Bonchev–Trinajstić information content (AvgIpc) is 2.92. The number of halogens is 1. The Bertz CT molecular complexity index is 813. The average molecular weight is 299 g/mol. The highest BCUT2D eigenvalue weighted by molar-refractivity contribution is 7.17. The van der Waals surface area contributed by atoms with E-state index in [4.69, 9.17) is 10.5 Å². The van der Waals surface area contributed by atoms with Crippen molar-refractivity contribution in [2.45, 2.75) is 18.6 Å². The van der Waals surface area contributed by atoms with E-state index in [0.717, 1.165) is 5.56 Å². The number of thiophene rings is 1. The van der Waals surface area contributed by atoms with E-state index in [1.807, 2.05) is 12.1 Å². The number of nitrogens with two attached hydrogens (primary N) is 1. The summed E-state index contributed by atoms with van der Waals surface area (Å²) < 4.78 is 20.7. The lowest BCUT2D eigenvalue weighted by molar-refractivity contribution is 0.163. The predicted octanol–water partition coefficient (Wildman–Crippen LogP) is 4.56. The molecule has 4 heteroatoms. The molecule has 1 aliphatic heterocycles. The lowest BCUT2D eigenvalue weighted by Crippen LogP contribution is -2.24. The second kappa shape index (κ2) is 4.83. The predicted molar refractivity (Wildman–Crippen MR) is 83.1 cm³/mol. The lowest BCUT2D eigenvalue weighted by atomic mass is 9.93. The summed E-state index contributed by atoms with van der Waals surface area (Å²) >= 11 is 1.71. The molecular weight excluding hydrogens is 285 g/mol. The standard InChI is InChI=1S/C17H14FNOS/c18-10-5-6-15-12(7-10)14(19)8-16(20-15)13-9-21-17-4-2-1-3-11(13)17/h1-7,9,14,16H,8,19H2. The van der Waals surface area contributed by atoms with Crippen molar-refractivity contribution < 1.29 is 9.13 Å². The molecule has 1 aromatic heterocycles. The lowest BCUT2D eigenvalue weighted by Gasteiger charge is -2.30. The van der Waals surface area contributed by atoms with Crippen LogP contribution < -0.4 is 10.5 Å². The van der Waals surface area contributed by atoms with Crippen LogP contribution in [0.15, 0.2) is 47.8 Å². The molecule has 2 atom stereocenters. The van der Waals surface area contributed by atoms with Crippen molar-refractivity contribution in [3.63, 3.8) is 0 Å². The monoisotopic (exact) mass is 299 g/mol. The van der Waals surface area contributed by atoms with E-state index in [9.17, 15) is 4.39 Å². The van der Waals surface area contributed by atoms with Crippen LogP contribution in [-0.2, 0) is 0 Å². The fourth-order valence-corrected chi connectivity index (χ4v) is 3.92. The molecule has 0 fully saturated rings. The van der Waals surface area contributed by atoms with Gasteiger partial charge in [-0.05, 0) is 35.0 Å². The van der Waals surface area contributed by atoms with Crippen molar-refractivity contribution in [1.29, 1.82) is 0 Å². The molecule has 0 bridgehead atoms. The first kappa shape index (κ1) is 12.8. The van der Waals surface area contributed by atoms with Gasteiger partial charge in [0, 0.05) is 28.3 Å². The molecule has 3 aromatic rings. The van der Waals surface area contributed by atoms with Crippen LogP contribution in [0.4, 0.5) is 4.39 Å². The second-order valence-corrected chi connectivity index (χ2v) is 6.23. The summed E-state index contributed by atoms with van der Waals surface area (Å²) in [4.78, 5) is 0. The van der Waals surface area contributed by atoms with Crippen LogP contribution in [0.25, 0.3) is 10.1 Å². The van der Waals surface area contributed by atoms with Crippen molar-refractivity contribution in [2.24, 2.45) is 5.73 Å². The molecule has 1 aliphatic rings. The highest BCUT2D eigenvalue weighted by atomic mass is 32.1. The topological polar surface area (TPSA) is 35.2 Å². The van der Waals surface area contributed by atoms with E-state index in [2.05, 4.69) is 17.5 Å². The first-order valence-corrected chi connectivity index (χ1v) is 7.78. The van der Waals surface area contributed by atoms with E-state index < -0.39 is 0 Å². The Kier molecular flexibility index (Phi) is 2.94. The van der Waals surface area contributed by atoms with Gasteiger partial charge in [0.15, 0.2) is 0 Å². The number of hydrogen-bond acceptors (Lipinski definition) is 3. The minimum atomic E-state index is -0.271.